The predicted molar refractivity (Wildman–Crippen MR) is 79.0 cm³/mol. The van der Waals surface area contributed by atoms with E-state index in [2.05, 4.69) is 13.8 Å². The highest BCUT2D eigenvalue weighted by Crippen LogP contribution is 2.21. The van der Waals surface area contributed by atoms with Crippen LogP contribution in [0, 0.1) is 23.2 Å². The average molecular weight is 295 g/mol. The molecule has 0 bridgehead atoms. The van der Waals surface area contributed by atoms with E-state index in [1.165, 1.54) is 4.90 Å². The zero-order chi connectivity index (χ0) is 15.8. The van der Waals surface area contributed by atoms with Crippen LogP contribution in [-0.2, 0) is 4.79 Å². The minimum atomic E-state index is -0.438. The van der Waals surface area contributed by atoms with Crippen LogP contribution in [0.2, 0.25) is 0 Å². The summed E-state index contributed by atoms with van der Waals surface area (Å²) in [7, 11) is 0. The summed E-state index contributed by atoms with van der Waals surface area (Å²) in [6, 6.07) is 1.94. The first-order valence-corrected chi connectivity index (χ1v) is 7.38. The van der Waals surface area contributed by atoms with Crippen LogP contribution >= 0.6 is 0 Å². The maximum atomic E-state index is 12.3. The summed E-state index contributed by atoms with van der Waals surface area (Å²) in [4.78, 5) is 15.6. The summed E-state index contributed by atoms with van der Waals surface area (Å²) in [5.41, 5.74) is 0.0539. The van der Waals surface area contributed by atoms with Gasteiger partial charge in [0.15, 0.2) is 0 Å². The van der Waals surface area contributed by atoms with Gasteiger partial charge in [-0.05, 0) is 18.3 Å². The van der Waals surface area contributed by atoms with E-state index >= 15 is 0 Å². The van der Waals surface area contributed by atoms with Crippen molar-refractivity contribution >= 4 is 5.91 Å². The van der Waals surface area contributed by atoms with Gasteiger partial charge in [0.2, 0.25) is 0 Å². The number of carbonyl (C=O) groups excluding carboxylic acids is 1. The zero-order valence-electron chi connectivity index (χ0n) is 12.8. The largest absolute Gasteiger partial charge is 0.395 e. The van der Waals surface area contributed by atoms with Crippen LogP contribution in [0.25, 0.3) is 0 Å². The molecular weight excluding hydrogens is 270 g/mol. The van der Waals surface area contributed by atoms with Crippen molar-refractivity contribution in [3.05, 3.63) is 11.8 Å². The molecule has 2 atom stereocenters. The topological polar surface area (TPSA) is 87.8 Å². The van der Waals surface area contributed by atoms with Crippen LogP contribution in [0.15, 0.2) is 11.8 Å². The van der Waals surface area contributed by atoms with E-state index in [1.54, 1.807) is 6.20 Å². The van der Waals surface area contributed by atoms with Gasteiger partial charge in [-0.25, -0.2) is 0 Å². The molecule has 1 fully saturated rings. The van der Waals surface area contributed by atoms with Crippen LogP contribution in [0.4, 0.5) is 0 Å². The Morgan fingerprint density at radius 3 is 2.24 bits per heavy atom. The van der Waals surface area contributed by atoms with Crippen LogP contribution in [0.5, 0.6) is 0 Å². The summed E-state index contributed by atoms with van der Waals surface area (Å²) >= 11 is 0. The first kappa shape index (κ1) is 17.5. The minimum absolute atomic E-state index is 0.0539. The van der Waals surface area contributed by atoms with E-state index in [-0.39, 0.29) is 31.9 Å². The number of amides is 1. The molecule has 2 N–H and O–H groups in total. The Hall–Kier alpha value is -1.58. The Kier molecular flexibility index (Phi) is 7.20. The van der Waals surface area contributed by atoms with E-state index in [1.807, 2.05) is 11.0 Å². The molecule has 118 valence electrons. The van der Waals surface area contributed by atoms with Gasteiger partial charge in [0.25, 0.3) is 5.91 Å². The lowest BCUT2D eigenvalue weighted by molar-refractivity contribution is -0.127. The van der Waals surface area contributed by atoms with Gasteiger partial charge in [-0.1, -0.05) is 13.8 Å². The maximum Gasteiger partial charge on any atom is 0.266 e. The number of piperidine rings is 1. The molecule has 1 aliphatic heterocycles. The SMILES string of the molecule is CC1CC(C)CN(/C=C(/C#N)C(=O)N(CCO)CCO)C1. The lowest BCUT2D eigenvalue weighted by Gasteiger charge is -2.34. The molecule has 0 aliphatic carbocycles. The smallest absolute Gasteiger partial charge is 0.266 e. The van der Waals surface area contributed by atoms with E-state index in [0.29, 0.717) is 11.8 Å². The number of likely N-dealkylation sites (tertiary alicyclic amines) is 1. The Morgan fingerprint density at radius 1 is 1.29 bits per heavy atom. The standard InChI is InChI=1S/C15H25N3O3/c1-12-7-13(2)10-17(9-12)11-14(8-16)15(21)18(3-5-19)4-6-20/h11-13,19-20H,3-7,9-10H2,1-2H3/b14-11-. The molecule has 0 saturated carbocycles. The summed E-state index contributed by atoms with van der Waals surface area (Å²) < 4.78 is 0. The fraction of sp³-hybridized carbons (Fsp3) is 0.733. The number of rotatable bonds is 6. The van der Waals surface area contributed by atoms with Crippen molar-refractivity contribution < 1.29 is 15.0 Å². The lowest BCUT2D eigenvalue weighted by Crippen LogP contribution is -2.39. The number of aliphatic hydroxyl groups excluding tert-OH is 2. The van der Waals surface area contributed by atoms with Gasteiger partial charge in [0.1, 0.15) is 11.6 Å². The van der Waals surface area contributed by atoms with E-state index in [9.17, 15) is 10.1 Å². The molecule has 0 aromatic carbocycles. The third-order valence-corrected chi connectivity index (χ3v) is 3.59. The van der Waals surface area contributed by atoms with Crippen molar-refractivity contribution in [1.82, 2.24) is 9.80 Å². The summed E-state index contributed by atoms with van der Waals surface area (Å²) in [5.74, 6) is 0.628. The minimum Gasteiger partial charge on any atom is -0.395 e. The molecule has 1 rings (SSSR count). The third-order valence-electron chi connectivity index (χ3n) is 3.59. The molecule has 2 unspecified atom stereocenters. The van der Waals surface area contributed by atoms with Crippen LogP contribution in [0.1, 0.15) is 20.3 Å². The van der Waals surface area contributed by atoms with Gasteiger partial charge in [-0.15, -0.1) is 0 Å². The summed E-state index contributed by atoms with van der Waals surface area (Å²) in [6.45, 7) is 5.84. The van der Waals surface area contributed by atoms with E-state index < -0.39 is 5.91 Å². The van der Waals surface area contributed by atoms with E-state index in [0.717, 1.165) is 19.5 Å². The van der Waals surface area contributed by atoms with Crippen LogP contribution in [0.3, 0.4) is 0 Å². The summed E-state index contributed by atoms with van der Waals surface area (Å²) in [6.07, 6.45) is 2.78. The monoisotopic (exact) mass is 295 g/mol. The molecule has 1 aliphatic rings. The van der Waals surface area contributed by atoms with Crippen LogP contribution in [-0.4, -0.2) is 65.3 Å². The Labute approximate surface area is 126 Å². The number of aliphatic hydroxyl groups is 2. The first-order valence-electron chi connectivity index (χ1n) is 7.38. The van der Waals surface area contributed by atoms with Crippen molar-refractivity contribution in [2.24, 2.45) is 11.8 Å². The van der Waals surface area contributed by atoms with Crippen molar-refractivity contribution in [2.45, 2.75) is 20.3 Å². The van der Waals surface area contributed by atoms with Crippen molar-refractivity contribution in [2.75, 3.05) is 39.4 Å². The maximum absolute atomic E-state index is 12.3. The van der Waals surface area contributed by atoms with E-state index in [4.69, 9.17) is 10.2 Å². The second-order valence-electron chi connectivity index (χ2n) is 5.79. The normalized spacial score (nSPS) is 22.8. The predicted octanol–water partition coefficient (Wildman–Crippen LogP) is 0.185. The highest BCUT2D eigenvalue weighted by molar-refractivity contribution is 5.97. The van der Waals surface area contributed by atoms with Gasteiger partial charge in [0, 0.05) is 32.4 Å². The Morgan fingerprint density at radius 2 is 1.81 bits per heavy atom. The van der Waals surface area contributed by atoms with Gasteiger partial charge in [0.05, 0.1) is 13.2 Å². The van der Waals surface area contributed by atoms with Gasteiger partial charge < -0.3 is 20.0 Å². The Bertz CT molecular complexity index is 401. The third kappa shape index (κ3) is 5.37. The zero-order valence-corrected chi connectivity index (χ0v) is 12.8. The molecule has 1 amide bonds. The Balaban J connectivity index is 2.82. The number of hydrogen-bond acceptors (Lipinski definition) is 5. The van der Waals surface area contributed by atoms with Gasteiger partial charge in [-0.2, -0.15) is 5.26 Å². The molecule has 0 spiro atoms. The fourth-order valence-corrected chi connectivity index (χ4v) is 2.86. The van der Waals surface area contributed by atoms with Crippen LogP contribution < -0.4 is 0 Å². The van der Waals surface area contributed by atoms with Crippen molar-refractivity contribution in [3.8, 4) is 6.07 Å². The fourth-order valence-electron chi connectivity index (χ4n) is 2.86. The summed E-state index contributed by atoms with van der Waals surface area (Å²) in [5, 5.41) is 27.2. The highest BCUT2D eigenvalue weighted by Gasteiger charge is 2.23. The average Bonchev–Trinajstić information content (AvgIpc) is 2.42. The highest BCUT2D eigenvalue weighted by atomic mass is 16.3. The molecule has 6 heteroatoms. The lowest BCUT2D eigenvalue weighted by atomic mass is 9.92. The van der Waals surface area contributed by atoms with Crippen molar-refractivity contribution in [3.63, 3.8) is 0 Å². The van der Waals surface area contributed by atoms with Gasteiger partial charge >= 0.3 is 0 Å². The molecule has 21 heavy (non-hydrogen) atoms. The van der Waals surface area contributed by atoms with Crippen molar-refractivity contribution in [1.29, 1.82) is 5.26 Å². The number of nitriles is 1. The second-order valence-corrected chi connectivity index (χ2v) is 5.79. The molecule has 0 aromatic heterocycles. The number of nitrogens with zero attached hydrogens (tertiary/aromatic N) is 3. The molecule has 1 heterocycles. The van der Waals surface area contributed by atoms with Gasteiger partial charge in [-0.3, -0.25) is 4.79 Å². The molecule has 0 aromatic rings. The molecule has 6 nitrogen and oxygen atoms in total. The first-order chi connectivity index (χ1) is 10.0. The molecular formula is C15H25N3O3. The number of hydrogen-bond donors (Lipinski definition) is 2. The quantitative estimate of drug-likeness (QED) is 0.539. The number of carbonyl (C=O) groups is 1. The molecule has 1 saturated heterocycles. The molecule has 0 radical (unpaired) electrons. The second kappa shape index (κ2) is 8.65.